The quantitative estimate of drug-likeness (QED) is 0.485. The Balaban J connectivity index is 1.71. The Kier molecular flexibility index (Phi) is 5.08. The Hall–Kier alpha value is -3.03. The molecule has 31 heavy (non-hydrogen) atoms. The summed E-state index contributed by atoms with van der Waals surface area (Å²) in [5.74, 6) is 0.322. The predicted octanol–water partition coefficient (Wildman–Crippen LogP) is 4.72. The average Bonchev–Trinajstić information content (AvgIpc) is 3.16. The van der Waals surface area contributed by atoms with E-state index in [1.165, 1.54) is 12.1 Å². The number of rotatable bonds is 3. The van der Waals surface area contributed by atoms with E-state index in [1.807, 2.05) is 25.1 Å². The number of halogens is 2. The van der Waals surface area contributed by atoms with Crippen LogP contribution in [-0.2, 0) is 0 Å². The van der Waals surface area contributed by atoms with Gasteiger partial charge in [0, 0.05) is 29.7 Å². The van der Waals surface area contributed by atoms with Gasteiger partial charge in [0.1, 0.15) is 5.82 Å². The molecule has 158 valence electrons. The lowest BCUT2D eigenvalue weighted by atomic mass is 9.99. The molecule has 2 aromatic carbocycles. The fraction of sp³-hybridized carbons (Fsp3) is 0.261. The summed E-state index contributed by atoms with van der Waals surface area (Å²) >= 11 is 6.14. The fourth-order valence-electron chi connectivity index (χ4n) is 4.18. The second-order valence-corrected chi connectivity index (χ2v) is 8.48. The highest BCUT2D eigenvalue weighted by atomic mass is 35.5. The minimum atomic E-state index is -0.279. The number of fused-ring (bicyclic) bond motifs is 1. The normalized spacial score (nSPS) is 15.0. The zero-order valence-electron chi connectivity index (χ0n) is 17.1. The van der Waals surface area contributed by atoms with Crippen molar-refractivity contribution in [2.24, 2.45) is 5.73 Å². The molecule has 0 unspecified atom stereocenters. The lowest BCUT2D eigenvalue weighted by molar-refractivity contribution is 0.501. The van der Waals surface area contributed by atoms with Crippen LogP contribution in [0.25, 0.3) is 33.7 Å². The van der Waals surface area contributed by atoms with Crippen molar-refractivity contribution in [2.45, 2.75) is 25.8 Å². The van der Waals surface area contributed by atoms with E-state index in [0.717, 1.165) is 59.3 Å². The third-order valence-electron chi connectivity index (χ3n) is 5.70. The minimum absolute atomic E-state index is 0.183. The van der Waals surface area contributed by atoms with E-state index in [9.17, 15) is 4.39 Å². The molecule has 8 heteroatoms. The monoisotopic (exact) mass is 436 g/mol. The topological polar surface area (TPSA) is 83.7 Å². The summed E-state index contributed by atoms with van der Waals surface area (Å²) in [7, 11) is 0. The third-order valence-corrected chi connectivity index (χ3v) is 5.94. The molecule has 0 aliphatic carbocycles. The van der Waals surface area contributed by atoms with Gasteiger partial charge in [-0.1, -0.05) is 17.7 Å². The van der Waals surface area contributed by atoms with E-state index in [2.05, 4.69) is 20.1 Å². The number of aryl methyl sites for hydroxylation is 1. The van der Waals surface area contributed by atoms with Crippen LogP contribution in [0.2, 0.25) is 5.02 Å². The van der Waals surface area contributed by atoms with Crippen LogP contribution >= 0.6 is 11.6 Å². The first-order valence-electron chi connectivity index (χ1n) is 10.3. The lowest BCUT2D eigenvalue weighted by Crippen LogP contribution is -2.40. The van der Waals surface area contributed by atoms with Gasteiger partial charge in [-0.05, 0) is 61.2 Å². The smallest absolute Gasteiger partial charge is 0.161 e. The van der Waals surface area contributed by atoms with E-state index < -0.39 is 0 Å². The van der Waals surface area contributed by atoms with E-state index >= 15 is 0 Å². The Labute approximate surface area is 184 Å². The van der Waals surface area contributed by atoms with E-state index in [-0.39, 0.29) is 11.9 Å². The van der Waals surface area contributed by atoms with Crippen molar-refractivity contribution >= 4 is 28.3 Å². The van der Waals surface area contributed by atoms with Gasteiger partial charge in [0.2, 0.25) is 0 Å². The molecule has 1 aliphatic heterocycles. The number of hydrogen-bond donors (Lipinski definition) is 2. The van der Waals surface area contributed by atoms with Crippen molar-refractivity contribution < 1.29 is 4.39 Å². The molecule has 5 rings (SSSR count). The number of nitrogens with two attached hydrogens (primary N) is 1. The van der Waals surface area contributed by atoms with Crippen LogP contribution < -0.4 is 10.6 Å². The van der Waals surface area contributed by atoms with Gasteiger partial charge in [0.25, 0.3) is 0 Å². The molecule has 0 radical (unpaired) electrons. The minimum Gasteiger partial charge on any atom is -0.369 e. The molecule has 1 aliphatic rings. The van der Waals surface area contributed by atoms with Gasteiger partial charge >= 0.3 is 0 Å². The first-order valence-corrected chi connectivity index (χ1v) is 10.6. The largest absolute Gasteiger partial charge is 0.369 e. The van der Waals surface area contributed by atoms with Crippen LogP contribution in [0.3, 0.4) is 0 Å². The second-order valence-electron chi connectivity index (χ2n) is 8.04. The number of nitrogens with one attached hydrogen (secondary N) is 1. The SMILES string of the molecule is Cc1cc(F)cc(-c2cnnc(-c3nc4ccc(Cl)cc4[nH]3)c2N2CCC(N)CC2)c1. The Bertz CT molecular complexity index is 1240. The lowest BCUT2D eigenvalue weighted by Gasteiger charge is -2.34. The number of nitrogens with zero attached hydrogens (tertiary/aromatic N) is 4. The summed E-state index contributed by atoms with van der Waals surface area (Å²) in [5.41, 5.74) is 11.7. The summed E-state index contributed by atoms with van der Waals surface area (Å²) in [6.07, 6.45) is 3.44. The molecule has 0 spiro atoms. The molecule has 2 aromatic heterocycles. The molecule has 1 fully saturated rings. The van der Waals surface area contributed by atoms with Gasteiger partial charge in [0.05, 0.1) is 22.9 Å². The summed E-state index contributed by atoms with van der Waals surface area (Å²) in [6.45, 7) is 3.45. The van der Waals surface area contributed by atoms with Crippen molar-refractivity contribution in [3.05, 3.63) is 59.0 Å². The Morgan fingerprint density at radius 1 is 1.16 bits per heavy atom. The highest BCUT2D eigenvalue weighted by molar-refractivity contribution is 6.31. The van der Waals surface area contributed by atoms with E-state index in [0.29, 0.717) is 16.5 Å². The first kappa shape index (κ1) is 19.9. The molecule has 0 bridgehead atoms. The van der Waals surface area contributed by atoms with Crippen LogP contribution in [0.5, 0.6) is 0 Å². The van der Waals surface area contributed by atoms with Crippen LogP contribution in [0.15, 0.2) is 42.6 Å². The predicted molar refractivity (Wildman–Crippen MR) is 122 cm³/mol. The summed E-state index contributed by atoms with van der Waals surface area (Å²) < 4.78 is 14.2. The molecule has 1 saturated heterocycles. The zero-order valence-corrected chi connectivity index (χ0v) is 17.8. The maximum Gasteiger partial charge on any atom is 0.161 e. The second kappa shape index (κ2) is 7.90. The highest BCUT2D eigenvalue weighted by Gasteiger charge is 2.25. The van der Waals surface area contributed by atoms with Crippen molar-refractivity contribution in [1.82, 2.24) is 20.2 Å². The fourth-order valence-corrected chi connectivity index (χ4v) is 4.35. The van der Waals surface area contributed by atoms with Crippen molar-refractivity contribution in [3.8, 4) is 22.6 Å². The van der Waals surface area contributed by atoms with Gasteiger partial charge < -0.3 is 15.6 Å². The van der Waals surface area contributed by atoms with Gasteiger partial charge in [-0.25, -0.2) is 9.37 Å². The average molecular weight is 437 g/mol. The highest BCUT2D eigenvalue weighted by Crippen LogP contribution is 2.39. The summed E-state index contributed by atoms with van der Waals surface area (Å²) in [6, 6.07) is 10.7. The number of piperidine rings is 1. The zero-order chi connectivity index (χ0) is 21.5. The maximum absolute atomic E-state index is 14.2. The number of H-pyrrole nitrogens is 1. The molecule has 0 saturated carbocycles. The summed E-state index contributed by atoms with van der Waals surface area (Å²) in [5, 5.41) is 9.32. The molecule has 3 heterocycles. The van der Waals surface area contributed by atoms with Gasteiger partial charge in [0.15, 0.2) is 11.5 Å². The Morgan fingerprint density at radius 2 is 1.97 bits per heavy atom. The molecule has 4 aromatic rings. The van der Waals surface area contributed by atoms with Crippen LogP contribution in [-0.4, -0.2) is 39.3 Å². The van der Waals surface area contributed by atoms with Gasteiger partial charge in [-0.2, -0.15) is 5.10 Å². The summed E-state index contributed by atoms with van der Waals surface area (Å²) in [4.78, 5) is 10.3. The van der Waals surface area contributed by atoms with Crippen molar-refractivity contribution in [2.75, 3.05) is 18.0 Å². The molecule has 6 nitrogen and oxygen atoms in total. The van der Waals surface area contributed by atoms with Crippen LogP contribution in [0, 0.1) is 12.7 Å². The third kappa shape index (κ3) is 3.86. The standard InChI is InChI=1S/C23H22ClFN6/c1-13-8-14(10-16(25)9-13)18-12-27-30-21(22(18)31-6-4-17(26)5-7-31)23-28-19-3-2-15(24)11-20(19)29-23/h2-3,8-12,17H,4-7,26H2,1H3,(H,28,29). The van der Waals surface area contributed by atoms with Gasteiger partial charge in [-0.3, -0.25) is 0 Å². The Morgan fingerprint density at radius 3 is 2.74 bits per heavy atom. The van der Waals surface area contributed by atoms with Crippen molar-refractivity contribution in [3.63, 3.8) is 0 Å². The maximum atomic E-state index is 14.2. The number of imidazole rings is 1. The van der Waals surface area contributed by atoms with Gasteiger partial charge in [-0.15, -0.1) is 5.10 Å². The number of hydrogen-bond acceptors (Lipinski definition) is 5. The van der Waals surface area contributed by atoms with Crippen LogP contribution in [0.4, 0.5) is 10.1 Å². The molecule has 0 amide bonds. The molecule has 0 atom stereocenters. The number of aromatic nitrogens is 4. The first-order chi connectivity index (χ1) is 15.0. The molecule has 3 N–H and O–H groups in total. The number of anilines is 1. The molecular formula is C23H22ClFN6. The van der Waals surface area contributed by atoms with E-state index in [1.54, 1.807) is 12.3 Å². The molecular weight excluding hydrogens is 415 g/mol. The number of benzene rings is 2. The van der Waals surface area contributed by atoms with Crippen LogP contribution in [0.1, 0.15) is 18.4 Å². The van der Waals surface area contributed by atoms with Crippen molar-refractivity contribution in [1.29, 1.82) is 0 Å². The number of aromatic amines is 1. The van der Waals surface area contributed by atoms with E-state index in [4.69, 9.17) is 22.3 Å².